The maximum atomic E-state index is 13.7. The van der Waals surface area contributed by atoms with Crippen LogP contribution in [0.5, 0.6) is 0 Å². The van der Waals surface area contributed by atoms with E-state index in [0.29, 0.717) is 5.56 Å². The molecule has 2 atom stereocenters. The number of hydrogen-bond acceptors (Lipinski definition) is 3. The fraction of sp³-hybridized carbons (Fsp3) is 0.400. The Morgan fingerprint density at radius 1 is 1.26 bits per heavy atom. The molecule has 5 rings (SSSR count). The molecule has 0 bridgehead atoms. The van der Waals surface area contributed by atoms with Crippen LogP contribution in [0.1, 0.15) is 81.3 Å². The summed E-state index contributed by atoms with van der Waals surface area (Å²) in [5.74, 6) is 0.718. The summed E-state index contributed by atoms with van der Waals surface area (Å²) in [6.07, 6.45) is 19.0. The Hall–Kier alpha value is -3.34. The molecule has 3 aliphatic rings. The summed E-state index contributed by atoms with van der Waals surface area (Å²) in [5.41, 5.74) is 5.61. The van der Waals surface area contributed by atoms with Crippen LogP contribution in [0.15, 0.2) is 83.6 Å². The molecule has 1 aliphatic heterocycles. The molecule has 0 saturated heterocycles. The molecule has 0 radical (unpaired) electrons. The number of amides is 1. The highest BCUT2D eigenvalue weighted by molar-refractivity contribution is 5.99. The number of aromatic nitrogens is 2. The van der Waals surface area contributed by atoms with Gasteiger partial charge in [0.25, 0.3) is 5.91 Å². The molecule has 1 amide bonds. The maximum absolute atomic E-state index is 13.7. The smallest absolute Gasteiger partial charge is 0.257 e. The molecule has 5 nitrogen and oxygen atoms in total. The number of fused-ring (bicyclic) bond motifs is 1. The molecule has 182 valence electrons. The van der Waals surface area contributed by atoms with Gasteiger partial charge < -0.3 is 10.6 Å². The van der Waals surface area contributed by atoms with Crippen molar-refractivity contribution in [3.8, 4) is 0 Å². The molecule has 1 aromatic carbocycles. The maximum Gasteiger partial charge on any atom is 0.257 e. The second kappa shape index (κ2) is 9.73. The number of anilines is 1. The van der Waals surface area contributed by atoms with Gasteiger partial charge in [-0.2, -0.15) is 5.10 Å². The average Bonchev–Trinajstić information content (AvgIpc) is 3.03. The predicted molar refractivity (Wildman–Crippen MR) is 142 cm³/mol. The van der Waals surface area contributed by atoms with E-state index in [2.05, 4.69) is 91.1 Å². The van der Waals surface area contributed by atoms with Crippen molar-refractivity contribution in [1.82, 2.24) is 15.1 Å². The van der Waals surface area contributed by atoms with E-state index in [1.165, 1.54) is 28.7 Å². The molecule has 5 heteroatoms. The van der Waals surface area contributed by atoms with Gasteiger partial charge in [-0.3, -0.25) is 4.79 Å². The third kappa shape index (κ3) is 4.64. The number of carbonyl (C=O) groups excluding carboxylic acids is 1. The summed E-state index contributed by atoms with van der Waals surface area (Å²) in [4.78, 5) is 13.7. The van der Waals surface area contributed by atoms with Crippen LogP contribution in [0.25, 0.3) is 0 Å². The fourth-order valence-electron chi connectivity index (χ4n) is 5.61. The Labute approximate surface area is 208 Å². The van der Waals surface area contributed by atoms with Crippen LogP contribution in [0, 0.1) is 0 Å². The summed E-state index contributed by atoms with van der Waals surface area (Å²) >= 11 is 0. The van der Waals surface area contributed by atoms with Crippen molar-refractivity contribution in [2.24, 2.45) is 0 Å². The number of benzene rings is 1. The van der Waals surface area contributed by atoms with Crippen molar-refractivity contribution >= 4 is 11.7 Å². The van der Waals surface area contributed by atoms with E-state index in [9.17, 15) is 4.79 Å². The van der Waals surface area contributed by atoms with Crippen molar-refractivity contribution in [1.29, 1.82) is 0 Å². The Bertz CT molecular complexity index is 1210. The lowest BCUT2D eigenvalue weighted by atomic mass is 9.89. The van der Waals surface area contributed by atoms with Crippen LogP contribution < -0.4 is 10.6 Å². The van der Waals surface area contributed by atoms with E-state index in [4.69, 9.17) is 0 Å². The second-order valence-electron chi connectivity index (χ2n) is 10.4. The summed E-state index contributed by atoms with van der Waals surface area (Å²) < 4.78 is 1.98. The van der Waals surface area contributed by atoms with Crippen LogP contribution in [0.2, 0.25) is 0 Å². The minimum Gasteiger partial charge on any atom is -0.363 e. The van der Waals surface area contributed by atoms with Gasteiger partial charge >= 0.3 is 0 Å². The zero-order valence-corrected chi connectivity index (χ0v) is 21.1. The second-order valence-corrected chi connectivity index (χ2v) is 10.4. The first-order valence-corrected chi connectivity index (χ1v) is 12.9. The average molecular weight is 469 g/mol. The van der Waals surface area contributed by atoms with Gasteiger partial charge in [-0.1, -0.05) is 73.2 Å². The molecule has 35 heavy (non-hydrogen) atoms. The number of nitrogens with zero attached hydrogens (tertiary/aromatic N) is 2. The van der Waals surface area contributed by atoms with Gasteiger partial charge in [0.15, 0.2) is 0 Å². The van der Waals surface area contributed by atoms with Gasteiger partial charge in [0.05, 0.1) is 23.8 Å². The van der Waals surface area contributed by atoms with Crippen molar-refractivity contribution < 1.29 is 4.79 Å². The zero-order chi connectivity index (χ0) is 24.4. The van der Waals surface area contributed by atoms with Crippen LogP contribution in [0.4, 0.5) is 5.82 Å². The monoisotopic (exact) mass is 468 g/mol. The third-order valence-corrected chi connectivity index (χ3v) is 7.49. The largest absolute Gasteiger partial charge is 0.363 e. The van der Waals surface area contributed by atoms with Gasteiger partial charge in [0.2, 0.25) is 0 Å². The zero-order valence-electron chi connectivity index (χ0n) is 21.1. The Kier molecular flexibility index (Phi) is 6.50. The molecule has 2 unspecified atom stereocenters. The van der Waals surface area contributed by atoms with Crippen LogP contribution in [-0.4, -0.2) is 21.7 Å². The fourth-order valence-corrected chi connectivity index (χ4v) is 5.61. The van der Waals surface area contributed by atoms with Crippen LogP contribution in [0.3, 0.4) is 0 Å². The van der Waals surface area contributed by atoms with E-state index in [-0.39, 0.29) is 23.5 Å². The Morgan fingerprint density at radius 2 is 2.09 bits per heavy atom. The summed E-state index contributed by atoms with van der Waals surface area (Å²) in [6, 6.07) is 10.5. The normalized spacial score (nSPS) is 21.7. The number of rotatable bonds is 5. The molecule has 0 fully saturated rings. The summed E-state index contributed by atoms with van der Waals surface area (Å²) in [7, 11) is 0. The topological polar surface area (TPSA) is 59.0 Å². The highest BCUT2D eigenvalue weighted by Crippen LogP contribution is 2.40. The van der Waals surface area contributed by atoms with Crippen molar-refractivity contribution in [2.45, 2.75) is 76.9 Å². The van der Waals surface area contributed by atoms with E-state index in [1.807, 2.05) is 10.7 Å². The standard InChI is InChI=1S/C30H36N4O/c1-4-26(24-18-12-11-14-21-13-7-6-10-17-23(21)24)33-29(35)25-20-31-34-28(25)32-27(19-30(34,2)3)22-15-8-5-9-16-22/h5,8-12,15-18,20,26-27,32H,4,6-7,13-14,19H2,1-3H3,(H,33,35). The first kappa shape index (κ1) is 23.4. The molecule has 2 aliphatic carbocycles. The van der Waals surface area contributed by atoms with E-state index in [0.717, 1.165) is 37.9 Å². The summed E-state index contributed by atoms with van der Waals surface area (Å²) in [5, 5.41) is 11.6. The van der Waals surface area contributed by atoms with E-state index >= 15 is 0 Å². The Morgan fingerprint density at radius 3 is 2.89 bits per heavy atom. The first-order chi connectivity index (χ1) is 17.0. The lowest BCUT2D eigenvalue weighted by Crippen LogP contribution is -2.40. The molecule has 0 saturated carbocycles. The number of nitrogens with one attached hydrogen (secondary N) is 2. The molecular formula is C30H36N4O. The van der Waals surface area contributed by atoms with Crippen LogP contribution in [-0.2, 0) is 5.54 Å². The van der Waals surface area contributed by atoms with Gasteiger partial charge in [-0.05, 0) is 69.1 Å². The van der Waals surface area contributed by atoms with Gasteiger partial charge in [0.1, 0.15) is 11.4 Å². The van der Waals surface area contributed by atoms with E-state index < -0.39 is 0 Å². The third-order valence-electron chi connectivity index (χ3n) is 7.49. The lowest BCUT2D eigenvalue weighted by molar-refractivity contribution is 0.0942. The number of allylic oxidation sites excluding steroid dienone is 6. The van der Waals surface area contributed by atoms with Gasteiger partial charge in [-0.15, -0.1) is 0 Å². The van der Waals surface area contributed by atoms with Crippen molar-refractivity contribution in [2.75, 3.05) is 5.32 Å². The quantitative estimate of drug-likeness (QED) is 0.519. The first-order valence-electron chi connectivity index (χ1n) is 12.9. The molecule has 2 aromatic rings. The predicted octanol–water partition coefficient (Wildman–Crippen LogP) is 6.61. The lowest BCUT2D eigenvalue weighted by Gasteiger charge is -2.38. The SMILES string of the molecule is CCC(NC(=O)c1cnn2c1NC(c1ccccc1)CC2(C)C)C1=CC=CCC2=C1C=CCCC2. The molecule has 2 heterocycles. The number of carbonyl (C=O) groups is 1. The molecule has 1 aromatic heterocycles. The minimum absolute atomic E-state index is 0.0601. The molecular weight excluding hydrogens is 432 g/mol. The molecule has 0 spiro atoms. The number of hydrogen-bond donors (Lipinski definition) is 2. The van der Waals surface area contributed by atoms with Gasteiger partial charge in [-0.25, -0.2) is 4.68 Å². The van der Waals surface area contributed by atoms with Crippen molar-refractivity contribution in [3.05, 3.63) is 94.8 Å². The summed E-state index contributed by atoms with van der Waals surface area (Å²) in [6.45, 7) is 6.51. The highest BCUT2D eigenvalue weighted by Gasteiger charge is 2.37. The minimum atomic E-state index is -0.205. The Balaban J connectivity index is 1.43. The van der Waals surface area contributed by atoms with Gasteiger partial charge in [0, 0.05) is 0 Å². The molecule has 2 N–H and O–H groups in total. The van der Waals surface area contributed by atoms with Crippen molar-refractivity contribution in [3.63, 3.8) is 0 Å². The van der Waals surface area contributed by atoms with E-state index in [1.54, 1.807) is 6.20 Å². The van der Waals surface area contributed by atoms with Crippen LogP contribution >= 0.6 is 0 Å². The highest BCUT2D eigenvalue weighted by atomic mass is 16.1.